The smallest absolute Gasteiger partial charge is 0.340 e. The van der Waals surface area contributed by atoms with E-state index in [0.29, 0.717) is 17.8 Å². The second kappa shape index (κ2) is 5.60. The predicted octanol–water partition coefficient (Wildman–Crippen LogP) is 2.18. The molecule has 21 heavy (non-hydrogen) atoms. The summed E-state index contributed by atoms with van der Waals surface area (Å²) in [5, 5.41) is 0. The third-order valence-corrected chi connectivity index (χ3v) is 4.02. The molecule has 1 heterocycles. The van der Waals surface area contributed by atoms with Crippen LogP contribution < -0.4 is 5.73 Å². The van der Waals surface area contributed by atoms with Crippen LogP contribution in [0.4, 0.5) is 5.69 Å². The molecule has 0 aliphatic heterocycles. The van der Waals surface area contributed by atoms with E-state index >= 15 is 0 Å². The van der Waals surface area contributed by atoms with Crippen molar-refractivity contribution < 1.29 is 9.53 Å². The Morgan fingerprint density at radius 2 is 2.19 bits per heavy atom. The molecule has 1 aliphatic rings. The first kappa shape index (κ1) is 13.7. The van der Waals surface area contributed by atoms with Crippen LogP contribution in [0.5, 0.6) is 0 Å². The number of aromatic nitrogens is 2. The molecular formula is C16H19N3O2. The van der Waals surface area contributed by atoms with Crippen LogP contribution in [0, 0.1) is 0 Å². The lowest BCUT2D eigenvalue weighted by Crippen LogP contribution is -2.14. The molecular weight excluding hydrogens is 266 g/mol. The topological polar surface area (TPSA) is 70.1 Å². The minimum Gasteiger partial charge on any atom is -0.465 e. The highest BCUT2D eigenvalue weighted by molar-refractivity contribution is 5.96. The normalized spacial score (nSPS) is 13.8. The summed E-state index contributed by atoms with van der Waals surface area (Å²) in [6.07, 6.45) is 6.35. The van der Waals surface area contributed by atoms with Gasteiger partial charge in [0.1, 0.15) is 0 Å². The van der Waals surface area contributed by atoms with Gasteiger partial charge in [-0.1, -0.05) is 12.1 Å². The standard InChI is InChI=1S/C16H19N3O2/c1-21-16(20)15-11(5-4-6-12(15)17)9-19-10-18-13-7-2-3-8-14(13)19/h4-6,10H,2-3,7-9,17H2,1H3. The quantitative estimate of drug-likeness (QED) is 0.693. The fourth-order valence-electron chi connectivity index (χ4n) is 2.95. The lowest BCUT2D eigenvalue weighted by Gasteiger charge is -2.16. The van der Waals surface area contributed by atoms with Gasteiger partial charge in [0.2, 0.25) is 0 Å². The molecule has 1 aromatic carbocycles. The maximum absolute atomic E-state index is 11.9. The Kier molecular flexibility index (Phi) is 3.64. The summed E-state index contributed by atoms with van der Waals surface area (Å²) in [6, 6.07) is 5.50. The first-order valence-electron chi connectivity index (χ1n) is 7.19. The average molecular weight is 285 g/mol. The molecule has 5 nitrogen and oxygen atoms in total. The van der Waals surface area contributed by atoms with Crippen molar-refractivity contribution in [2.24, 2.45) is 0 Å². The SMILES string of the molecule is COC(=O)c1c(N)cccc1Cn1cnc2c1CCCC2. The first-order valence-corrected chi connectivity index (χ1v) is 7.19. The predicted molar refractivity (Wildman–Crippen MR) is 80.2 cm³/mol. The van der Waals surface area contributed by atoms with Gasteiger partial charge in [-0.15, -0.1) is 0 Å². The highest BCUT2D eigenvalue weighted by Gasteiger charge is 2.19. The molecule has 0 unspecified atom stereocenters. The van der Waals surface area contributed by atoms with Gasteiger partial charge in [-0.05, 0) is 37.3 Å². The molecule has 1 aromatic heterocycles. The number of methoxy groups -OCH3 is 1. The number of rotatable bonds is 3. The maximum atomic E-state index is 11.9. The molecule has 1 aliphatic carbocycles. The molecule has 5 heteroatoms. The van der Waals surface area contributed by atoms with Gasteiger partial charge in [0.25, 0.3) is 0 Å². The molecule has 0 saturated heterocycles. The van der Waals surface area contributed by atoms with Gasteiger partial charge in [-0.3, -0.25) is 0 Å². The lowest BCUT2D eigenvalue weighted by atomic mass is 10.0. The van der Waals surface area contributed by atoms with Crippen LogP contribution in [-0.4, -0.2) is 22.6 Å². The van der Waals surface area contributed by atoms with Crippen molar-refractivity contribution in [2.45, 2.75) is 32.2 Å². The Bertz CT molecular complexity index is 676. The summed E-state index contributed by atoms with van der Waals surface area (Å²) < 4.78 is 6.97. The monoisotopic (exact) mass is 285 g/mol. The van der Waals surface area contributed by atoms with Gasteiger partial charge >= 0.3 is 5.97 Å². The number of benzene rings is 1. The van der Waals surface area contributed by atoms with Crippen LogP contribution in [0.15, 0.2) is 24.5 Å². The largest absolute Gasteiger partial charge is 0.465 e. The molecule has 0 bridgehead atoms. The van der Waals surface area contributed by atoms with Crippen molar-refractivity contribution in [1.82, 2.24) is 9.55 Å². The summed E-state index contributed by atoms with van der Waals surface area (Å²) in [5.41, 5.74) is 10.2. The molecule has 3 rings (SSSR count). The molecule has 110 valence electrons. The minimum absolute atomic E-state index is 0.392. The number of fused-ring (bicyclic) bond motifs is 1. The molecule has 0 atom stereocenters. The van der Waals surface area contributed by atoms with Crippen molar-refractivity contribution in [1.29, 1.82) is 0 Å². The number of esters is 1. The van der Waals surface area contributed by atoms with E-state index in [-0.39, 0.29) is 0 Å². The van der Waals surface area contributed by atoms with Crippen LogP contribution in [0.3, 0.4) is 0 Å². The highest BCUT2D eigenvalue weighted by atomic mass is 16.5. The number of nitrogen functional groups attached to an aromatic ring is 1. The summed E-state index contributed by atoms with van der Waals surface area (Å²) >= 11 is 0. The molecule has 0 fully saturated rings. The highest BCUT2D eigenvalue weighted by Crippen LogP contribution is 2.23. The van der Waals surface area contributed by atoms with Gasteiger partial charge in [-0.2, -0.15) is 0 Å². The zero-order valence-electron chi connectivity index (χ0n) is 12.1. The van der Waals surface area contributed by atoms with E-state index in [4.69, 9.17) is 10.5 Å². The Morgan fingerprint density at radius 3 is 3.00 bits per heavy atom. The van der Waals surface area contributed by atoms with E-state index in [1.165, 1.54) is 31.3 Å². The maximum Gasteiger partial charge on any atom is 0.340 e. The average Bonchev–Trinajstić information content (AvgIpc) is 2.90. The summed E-state index contributed by atoms with van der Waals surface area (Å²) in [5.74, 6) is -0.392. The number of ether oxygens (including phenoxy) is 1. The van der Waals surface area contributed by atoms with Crippen molar-refractivity contribution in [3.8, 4) is 0 Å². The second-order valence-electron chi connectivity index (χ2n) is 5.35. The number of nitrogens with zero attached hydrogens (tertiary/aromatic N) is 2. The molecule has 0 spiro atoms. The van der Waals surface area contributed by atoms with Crippen LogP contribution in [0.1, 0.15) is 40.2 Å². The van der Waals surface area contributed by atoms with E-state index in [9.17, 15) is 4.79 Å². The van der Waals surface area contributed by atoms with Gasteiger partial charge in [0, 0.05) is 17.9 Å². The molecule has 2 aromatic rings. The second-order valence-corrected chi connectivity index (χ2v) is 5.35. The Morgan fingerprint density at radius 1 is 1.38 bits per heavy atom. The van der Waals surface area contributed by atoms with Crippen LogP contribution in [0.2, 0.25) is 0 Å². The zero-order valence-corrected chi connectivity index (χ0v) is 12.1. The Hall–Kier alpha value is -2.30. The van der Waals surface area contributed by atoms with Crippen molar-refractivity contribution in [3.63, 3.8) is 0 Å². The lowest BCUT2D eigenvalue weighted by molar-refractivity contribution is 0.0600. The van der Waals surface area contributed by atoms with Crippen LogP contribution in [0.25, 0.3) is 0 Å². The van der Waals surface area contributed by atoms with E-state index in [1.54, 1.807) is 6.07 Å². The van der Waals surface area contributed by atoms with Gasteiger partial charge in [0.15, 0.2) is 0 Å². The number of aryl methyl sites for hydroxylation is 1. The number of carbonyl (C=O) groups is 1. The van der Waals surface area contributed by atoms with E-state index in [1.807, 2.05) is 18.5 Å². The summed E-state index contributed by atoms with van der Waals surface area (Å²) in [7, 11) is 1.37. The van der Waals surface area contributed by atoms with Crippen molar-refractivity contribution in [3.05, 3.63) is 47.0 Å². The van der Waals surface area contributed by atoms with Gasteiger partial charge < -0.3 is 15.0 Å². The number of hydrogen-bond acceptors (Lipinski definition) is 4. The third-order valence-electron chi connectivity index (χ3n) is 4.02. The van der Waals surface area contributed by atoms with Crippen LogP contribution in [-0.2, 0) is 24.1 Å². The van der Waals surface area contributed by atoms with Crippen molar-refractivity contribution in [2.75, 3.05) is 12.8 Å². The Balaban J connectivity index is 1.97. The number of hydrogen-bond donors (Lipinski definition) is 1. The minimum atomic E-state index is -0.392. The van der Waals surface area contributed by atoms with Crippen LogP contribution >= 0.6 is 0 Å². The van der Waals surface area contributed by atoms with Gasteiger partial charge in [0.05, 0.1) is 24.7 Å². The third kappa shape index (κ3) is 2.51. The van der Waals surface area contributed by atoms with Crippen molar-refractivity contribution >= 4 is 11.7 Å². The van der Waals surface area contributed by atoms with E-state index in [2.05, 4.69) is 9.55 Å². The fraction of sp³-hybridized carbons (Fsp3) is 0.375. The fourth-order valence-corrected chi connectivity index (χ4v) is 2.95. The number of anilines is 1. The van der Waals surface area contributed by atoms with Gasteiger partial charge in [-0.25, -0.2) is 9.78 Å². The zero-order chi connectivity index (χ0) is 14.8. The summed E-state index contributed by atoms with van der Waals surface area (Å²) in [4.78, 5) is 16.4. The number of carbonyl (C=O) groups excluding carboxylic acids is 1. The number of nitrogens with two attached hydrogens (primary N) is 1. The molecule has 2 N–H and O–H groups in total. The number of imidazole rings is 1. The molecule has 0 saturated carbocycles. The Labute approximate surface area is 123 Å². The molecule has 0 radical (unpaired) electrons. The summed E-state index contributed by atoms with van der Waals surface area (Å²) in [6.45, 7) is 0.595. The van der Waals surface area contributed by atoms with E-state index in [0.717, 1.165) is 18.4 Å². The first-order chi connectivity index (χ1) is 10.2. The molecule has 0 amide bonds. The van der Waals surface area contributed by atoms with E-state index < -0.39 is 5.97 Å².